The predicted octanol–water partition coefficient (Wildman–Crippen LogP) is 3.33. The number of benzene rings is 2. The van der Waals surface area contributed by atoms with Gasteiger partial charge in [-0.05, 0) is 23.3 Å². The second-order valence-corrected chi connectivity index (χ2v) is 10.6. The summed E-state index contributed by atoms with van der Waals surface area (Å²) in [4.78, 5) is 42.8. The van der Waals surface area contributed by atoms with Gasteiger partial charge in [0.05, 0.1) is 19.3 Å². The van der Waals surface area contributed by atoms with Gasteiger partial charge in [0.1, 0.15) is 6.17 Å². The molecule has 0 radical (unpaired) electrons. The normalized spacial score (nSPS) is 19.8. The third-order valence-corrected chi connectivity index (χ3v) is 8.20. The van der Waals surface area contributed by atoms with Crippen molar-refractivity contribution in [1.82, 2.24) is 14.5 Å². The molecule has 3 aromatic rings. The molecule has 4 heterocycles. The number of carbonyl (C=O) groups excluding carboxylic acids is 2. The molecule has 0 spiro atoms. The van der Waals surface area contributed by atoms with Gasteiger partial charge in [0, 0.05) is 49.1 Å². The number of amides is 2. The Balaban J connectivity index is 1.64. The monoisotopic (exact) mass is 554 g/mol. The van der Waals surface area contributed by atoms with Gasteiger partial charge in [0.2, 0.25) is 11.2 Å². The lowest BCUT2D eigenvalue weighted by molar-refractivity contribution is -0.0197. The van der Waals surface area contributed by atoms with Crippen molar-refractivity contribution in [1.29, 1.82) is 0 Å². The summed E-state index contributed by atoms with van der Waals surface area (Å²) in [5.74, 6) is -2.58. The first-order chi connectivity index (χ1) is 18.8. The summed E-state index contributed by atoms with van der Waals surface area (Å²) in [5, 5.41) is 1.82. The molecule has 1 saturated heterocycles. The van der Waals surface area contributed by atoms with E-state index in [9.17, 15) is 18.8 Å². The maximum atomic E-state index is 15.2. The number of nitrogens with zero attached hydrogens (tertiary/aromatic N) is 4. The van der Waals surface area contributed by atoms with Crippen molar-refractivity contribution in [2.45, 2.75) is 22.9 Å². The van der Waals surface area contributed by atoms with Crippen LogP contribution in [0.25, 0.3) is 0 Å². The number of halogens is 2. The van der Waals surface area contributed by atoms with Gasteiger partial charge in [-0.2, -0.15) is 0 Å². The molecule has 1 fully saturated rings. The highest BCUT2D eigenvalue weighted by molar-refractivity contribution is 7.98. The molecule has 9 nitrogen and oxygen atoms in total. The van der Waals surface area contributed by atoms with E-state index in [-0.39, 0.29) is 36.8 Å². The Morgan fingerprint density at radius 2 is 1.90 bits per heavy atom. The zero-order valence-corrected chi connectivity index (χ0v) is 21.9. The summed E-state index contributed by atoms with van der Waals surface area (Å²) in [6.45, 7) is 0.625. The average molecular weight is 555 g/mol. The number of thioether (sulfide) groups is 1. The van der Waals surface area contributed by atoms with Crippen molar-refractivity contribution in [3.8, 4) is 5.75 Å². The lowest BCUT2D eigenvalue weighted by Gasteiger charge is -2.51. The molecule has 6 rings (SSSR count). The van der Waals surface area contributed by atoms with Gasteiger partial charge < -0.3 is 19.3 Å². The Labute approximate surface area is 226 Å². The molecule has 1 aromatic heterocycles. The quantitative estimate of drug-likeness (QED) is 0.481. The highest BCUT2D eigenvalue weighted by Gasteiger charge is 2.46. The summed E-state index contributed by atoms with van der Waals surface area (Å²) in [6.07, 6.45) is -0.0289. The van der Waals surface area contributed by atoms with Gasteiger partial charge in [-0.25, -0.2) is 13.6 Å². The van der Waals surface area contributed by atoms with Gasteiger partial charge in [0.15, 0.2) is 17.3 Å². The lowest BCUT2D eigenvalue weighted by Crippen LogP contribution is -2.66. The van der Waals surface area contributed by atoms with Crippen molar-refractivity contribution in [2.75, 3.05) is 38.9 Å². The number of morpholine rings is 1. The second kappa shape index (κ2) is 9.69. The number of aromatic nitrogens is 1. The van der Waals surface area contributed by atoms with Crippen LogP contribution in [0.15, 0.2) is 58.4 Å². The van der Waals surface area contributed by atoms with E-state index in [4.69, 9.17) is 9.47 Å². The van der Waals surface area contributed by atoms with Crippen molar-refractivity contribution in [3.63, 3.8) is 0 Å². The standard InChI is InChI=1S/C27H24F2N4O5S/c1-30(2)27(36)38-25-19(34)9-10-32-24(25)26(35)31-11-12-37-13-21(31)33(32)23-15-7-8-18(28)22(29)17(15)14-39-20-6-4-3-5-16(20)23/h3-10,21,23H,11-14H2,1-2H3/t21-,23+/m1/s1. The molecule has 0 bridgehead atoms. The minimum absolute atomic E-state index is 0.130. The summed E-state index contributed by atoms with van der Waals surface area (Å²) >= 11 is 1.39. The van der Waals surface area contributed by atoms with Crippen molar-refractivity contribution < 1.29 is 27.8 Å². The largest absolute Gasteiger partial charge is 0.414 e. The molecular formula is C27H24F2N4O5S. The minimum atomic E-state index is -0.947. The Morgan fingerprint density at radius 1 is 1.10 bits per heavy atom. The van der Waals surface area contributed by atoms with Gasteiger partial charge in [-0.1, -0.05) is 24.3 Å². The Hall–Kier alpha value is -3.90. The highest BCUT2D eigenvalue weighted by Crippen LogP contribution is 2.45. The van der Waals surface area contributed by atoms with Gasteiger partial charge >= 0.3 is 6.09 Å². The smallest absolute Gasteiger partial charge is 0.403 e. The fourth-order valence-corrected chi connectivity index (χ4v) is 6.36. The van der Waals surface area contributed by atoms with E-state index in [1.165, 1.54) is 42.8 Å². The fraction of sp³-hybridized carbons (Fsp3) is 0.296. The zero-order valence-electron chi connectivity index (χ0n) is 21.1. The van der Waals surface area contributed by atoms with Crippen LogP contribution in [-0.4, -0.2) is 66.5 Å². The Kier molecular flexibility index (Phi) is 6.31. The molecule has 0 N–H and O–H groups in total. The van der Waals surface area contributed by atoms with Crippen LogP contribution in [0.3, 0.4) is 0 Å². The predicted molar refractivity (Wildman–Crippen MR) is 138 cm³/mol. The SMILES string of the molecule is CN(C)C(=O)Oc1c2n(ccc1=O)N([C@@H]1c3ccccc3SCc3c1ccc(F)c3F)[C@@H]1COCCN1C2=O. The van der Waals surface area contributed by atoms with Gasteiger partial charge in [0.25, 0.3) is 5.91 Å². The molecule has 3 aliphatic heterocycles. The number of pyridine rings is 1. The first kappa shape index (κ1) is 25.4. The first-order valence-corrected chi connectivity index (χ1v) is 13.3. The summed E-state index contributed by atoms with van der Waals surface area (Å²) < 4.78 is 42.4. The lowest BCUT2D eigenvalue weighted by atomic mass is 9.93. The topological polar surface area (TPSA) is 84.3 Å². The molecule has 0 aliphatic carbocycles. The first-order valence-electron chi connectivity index (χ1n) is 12.3. The van der Waals surface area contributed by atoms with E-state index in [0.717, 1.165) is 21.4 Å². The van der Waals surface area contributed by atoms with E-state index >= 15 is 4.39 Å². The molecule has 0 saturated carbocycles. The Morgan fingerprint density at radius 3 is 2.69 bits per heavy atom. The summed E-state index contributed by atoms with van der Waals surface area (Å²) in [7, 11) is 2.93. The van der Waals surface area contributed by atoms with E-state index in [1.807, 2.05) is 29.3 Å². The molecule has 2 aromatic carbocycles. The van der Waals surface area contributed by atoms with Crippen LogP contribution in [0.4, 0.5) is 13.6 Å². The van der Waals surface area contributed by atoms with Gasteiger partial charge in [-0.15, -0.1) is 11.8 Å². The zero-order chi connectivity index (χ0) is 27.4. The van der Waals surface area contributed by atoms with Crippen molar-refractivity contribution in [2.24, 2.45) is 0 Å². The van der Waals surface area contributed by atoms with Crippen molar-refractivity contribution in [3.05, 3.63) is 92.9 Å². The number of rotatable bonds is 2. The third-order valence-electron chi connectivity index (χ3n) is 7.09. The maximum Gasteiger partial charge on any atom is 0.414 e. The van der Waals surface area contributed by atoms with E-state index in [2.05, 4.69) is 0 Å². The van der Waals surface area contributed by atoms with Crippen LogP contribution in [0.2, 0.25) is 0 Å². The maximum absolute atomic E-state index is 15.2. The molecule has 2 atom stereocenters. The van der Waals surface area contributed by atoms with Crippen LogP contribution in [0.1, 0.15) is 33.2 Å². The number of carbonyl (C=O) groups is 2. The van der Waals surface area contributed by atoms with Crippen LogP contribution in [-0.2, 0) is 10.5 Å². The van der Waals surface area contributed by atoms with Crippen LogP contribution < -0.4 is 15.2 Å². The number of ether oxygens (including phenoxy) is 2. The second-order valence-electron chi connectivity index (χ2n) is 9.56. The Bertz CT molecular complexity index is 1560. The van der Waals surface area contributed by atoms with Crippen LogP contribution in [0, 0.1) is 11.6 Å². The third kappa shape index (κ3) is 4.05. The van der Waals surface area contributed by atoms with E-state index in [0.29, 0.717) is 5.56 Å². The number of hydrogen-bond donors (Lipinski definition) is 0. The molecule has 12 heteroatoms. The fourth-order valence-electron chi connectivity index (χ4n) is 5.25. The molecular weight excluding hydrogens is 530 g/mol. The van der Waals surface area contributed by atoms with E-state index in [1.54, 1.807) is 11.0 Å². The van der Waals surface area contributed by atoms with Crippen LogP contribution >= 0.6 is 11.8 Å². The molecule has 39 heavy (non-hydrogen) atoms. The summed E-state index contributed by atoms with van der Waals surface area (Å²) in [6, 6.07) is 10.7. The average Bonchev–Trinajstić information content (AvgIpc) is 3.10. The number of fused-ring (bicyclic) bond motifs is 4. The number of hydrogen-bond acceptors (Lipinski definition) is 7. The minimum Gasteiger partial charge on any atom is -0.403 e. The highest BCUT2D eigenvalue weighted by atomic mass is 32.2. The molecule has 202 valence electrons. The van der Waals surface area contributed by atoms with Crippen LogP contribution in [0.5, 0.6) is 5.75 Å². The summed E-state index contributed by atoms with van der Waals surface area (Å²) in [5.41, 5.74) is 0.769. The van der Waals surface area contributed by atoms with Gasteiger partial charge in [-0.3, -0.25) is 19.3 Å². The molecule has 2 amide bonds. The molecule has 0 unspecified atom stereocenters. The molecule has 3 aliphatic rings. The van der Waals surface area contributed by atoms with E-state index < -0.39 is 47.0 Å². The van der Waals surface area contributed by atoms with Crippen molar-refractivity contribution >= 4 is 23.8 Å².